The van der Waals surface area contributed by atoms with E-state index < -0.39 is 17.4 Å². The Morgan fingerprint density at radius 3 is 2.67 bits per heavy atom. The van der Waals surface area contributed by atoms with E-state index in [1.165, 1.54) is 4.90 Å². The van der Waals surface area contributed by atoms with Crippen LogP contribution in [-0.2, 0) is 27.4 Å². The van der Waals surface area contributed by atoms with Gasteiger partial charge < -0.3 is 29.4 Å². The topological polar surface area (TPSA) is 132 Å². The highest BCUT2D eigenvalue weighted by atomic mass is 16.5. The quantitative estimate of drug-likeness (QED) is 0.651. The summed E-state index contributed by atoms with van der Waals surface area (Å²) in [6.07, 6.45) is 2.15. The number of aromatic nitrogens is 1. The molecule has 10 nitrogen and oxygen atoms in total. The summed E-state index contributed by atoms with van der Waals surface area (Å²) in [6.45, 7) is 5.63. The number of fused-ring (bicyclic) bond motifs is 1. The third-order valence-corrected chi connectivity index (χ3v) is 5.93. The van der Waals surface area contributed by atoms with Gasteiger partial charge in [0.1, 0.15) is 17.6 Å². The first kappa shape index (κ1) is 22.8. The van der Waals surface area contributed by atoms with E-state index in [0.29, 0.717) is 62.0 Å². The predicted octanol–water partition coefficient (Wildman–Crippen LogP) is 0.822. The summed E-state index contributed by atoms with van der Waals surface area (Å²) in [4.78, 5) is 32.6. The van der Waals surface area contributed by atoms with E-state index in [0.717, 1.165) is 11.1 Å². The number of aliphatic hydroxyl groups is 1. The molecule has 4 rings (SSSR count). The molecule has 0 aromatic carbocycles. The molecule has 2 aliphatic heterocycles. The summed E-state index contributed by atoms with van der Waals surface area (Å²) in [7, 11) is 0. The van der Waals surface area contributed by atoms with Crippen LogP contribution in [0.25, 0.3) is 11.5 Å². The van der Waals surface area contributed by atoms with Crippen molar-refractivity contribution in [3.05, 3.63) is 35.1 Å². The molecule has 0 aliphatic carbocycles. The zero-order valence-electron chi connectivity index (χ0n) is 18.8. The van der Waals surface area contributed by atoms with Crippen molar-refractivity contribution >= 4 is 17.6 Å². The molecule has 0 bridgehead atoms. The first-order chi connectivity index (χ1) is 15.8. The van der Waals surface area contributed by atoms with Crippen molar-refractivity contribution in [3.8, 4) is 17.5 Å². The minimum atomic E-state index is -0.732. The zero-order valence-corrected chi connectivity index (χ0v) is 18.8. The Balaban J connectivity index is 1.64. The molecule has 2 N–H and O–H groups in total. The monoisotopic (exact) mass is 453 g/mol. The van der Waals surface area contributed by atoms with Gasteiger partial charge in [-0.05, 0) is 31.5 Å². The van der Waals surface area contributed by atoms with Crippen LogP contribution >= 0.6 is 0 Å². The van der Waals surface area contributed by atoms with E-state index in [4.69, 9.17) is 19.2 Å². The maximum Gasteiger partial charge on any atom is 0.312 e. The second kappa shape index (κ2) is 9.21. The smallest absolute Gasteiger partial charge is 0.312 e. The maximum atomic E-state index is 12.4. The highest BCUT2D eigenvalue weighted by Crippen LogP contribution is 2.39. The standard InChI is InChI=1S/C23H27N5O5/c1-23(2)12-15-16(13-24)20(26-19(17(15)14-33-23)18-4-3-11-32-18)27-6-8-28(9-7-27)22(31)21(30)25-5-10-29/h3-4,11,29H,5-10,12,14H2,1-2H3,(H,25,30). The van der Waals surface area contributed by atoms with Crippen LogP contribution in [0.4, 0.5) is 5.82 Å². The molecule has 0 saturated carbocycles. The third kappa shape index (κ3) is 4.55. The molecule has 2 aromatic heterocycles. The van der Waals surface area contributed by atoms with E-state index in [1.807, 2.05) is 24.8 Å². The van der Waals surface area contributed by atoms with Crippen molar-refractivity contribution in [2.75, 3.05) is 44.2 Å². The number of rotatable bonds is 4. The van der Waals surface area contributed by atoms with Crippen molar-refractivity contribution in [2.45, 2.75) is 32.5 Å². The van der Waals surface area contributed by atoms with Crippen LogP contribution < -0.4 is 10.2 Å². The molecule has 1 fully saturated rings. The van der Waals surface area contributed by atoms with Gasteiger partial charge in [-0.15, -0.1) is 0 Å². The highest BCUT2D eigenvalue weighted by molar-refractivity contribution is 6.35. The van der Waals surface area contributed by atoms with E-state index in [-0.39, 0.29) is 13.2 Å². The molecule has 0 radical (unpaired) electrons. The number of nitrogens with one attached hydrogen (secondary N) is 1. The Labute approximate surface area is 191 Å². The number of nitriles is 1. The summed E-state index contributed by atoms with van der Waals surface area (Å²) >= 11 is 0. The number of aliphatic hydroxyl groups excluding tert-OH is 1. The van der Waals surface area contributed by atoms with Crippen molar-refractivity contribution < 1.29 is 23.8 Å². The maximum absolute atomic E-state index is 12.4. The van der Waals surface area contributed by atoms with Crippen LogP contribution in [-0.4, -0.2) is 71.7 Å². The highest BCUT2D eigenvalue weighted by Gasteiger charge is 2.35. The average Bonchev–Trinajstić information content (AvgIpc) is 3.35. The van der Waals surface area contributed by atoms with E-state index in [9.17, 15) is 14.9 Å². The van der Waals surface area contributed by atoms with E-state index in [2.05, 4.69) is 11.4 Å². The molecule has 0 atom stereocenters. The van der Waals surface area contributed by atoms with Gasteiger partial charge in [-0.25, -0.2) is 4.98 Å². The van der Waals surface area contributed by atoms with E-state index in [1.54, 1.807) is 12.3 Å². The number of carbonyl (C=O) groups excluding carboxylic acids is 2. The van der Waals surface area contributed by atoms with Crippen molar-refractivity contribution in [2.24, 2.45) is 0 Å². The van der Waals surface area contributed by atoms with Gasteiger partial charge in [0, 0.05) is 44.7 Å². The van der Waals surface area contributed by atoms with Crippen LogP contribution in [0.15, 0.2) is 22.8 Å². The number of piperazine rings is 1. The Kier molecular flexibility index (Phi) is 6.35. The fourth-order valence-electron chi connectivity index (χ4n) is 4.23. The summed E-state index contributed by atoms with van der Waals surface area (Å²) in [5.41, 5.74) is 2.52. The predicted molar refractivity (Wildman–Crippen MR) is 118 cm³/mol. The number of pyridine rings is 1. The van der Waals surface area contributed by atoms with Crippen LogP contribution in [0.1, 0.15) is 30.5 Å². The van der Waals surface area contributed by atoms with Gasteiger partial charge >= 0.3 is 11.8 Å². The molecule has 10 heteroatoms. The molecule has 2 amide bonds. The van der Waals surface area contributed by atoms with Gasteiger partial charge in [0.25, 0.3) is 0 Å². The average molecular weight is 453 g/mol. The number of carbonyl (C=O) groups is 2. The first-order valence-corrected chi connectivity index (χ1v) is 10.9. The molecular weight excluding hydrogens is 426 g/mol. The van der Waals surface area contributed by atoms with Crippen molar-refractivity contribution in [3.63, 3.8) is 0 Å². The summed E-state index contributed by atoms with van der Waals surface area (Å²) < 4.78 is 11.6. The number of hydrogen-bond acceptors (Lipinski definition) is 8. The lowest BCUT2D eigenvalue weighted by Gasteiger charge is -2.38. The summed E-state index contributed by atoms with van der Waals surface area (Å²) in [5.74, 6) is -0.200. The summed E-state index contributed by atoms with van der Waals surface area (Å²) in [6, 6.07) is 5.97. The lowest BCUT2D eigenvalue weighted by molar-refractivity contribution is -0.146. The molecule has 0 spiro atoms. The Bertz CT molecular complexity index is 1080. The number of hydrogen-bond donors (Lipinski definition) is 2. The molecular formula is C23H27N5O5. The SMILES string of the molecule is CC1(C)Cc2c(C#N)c(N3CCN(C(=O)C(=O)NCCO)CC3)nc(-c3ccco3)c2CO1. The van der Waals surface area contributed by atoms with Gasteiger partial charge in [-0.2, -0.15) is 5.26 Å². The second-order valence-electron chi connectivity index (χ2n) is 8.69. The van der Waals surface area contributed by atoms with Gasteiger partial charge in [-0.1, -0.05) is 0 Å². The summed E-state index contributed by atoms with van der Waals surface area (Å²) in [5, 5.41) is 21.3. The number of furan rings is 1. The van der Waals surface area contributed by atoms with Crippen LogP contribution in [0, 0.1) is 11.3 Å². The number of ether oxygens (including phenoxy) is 1. The number of nitrogens with zero attached hydrogens (tertiary/aromatic N) is 4. The van der Waals surface area contributed by atoms with Crippen LogP contribution in [0.5, 0.6) is 0 Å². The van der Waals surface area contributed by atoms with Crippen molar-refractivity contribution in [1.82, 2.24) is 15.2 Å². The number of amides is 2. The second-order valence-corrected chi connectivity index (χ2v) is 8.69. The zero-order chi connectivity index (χ0) is 23.6. The van der Waals surface area contributed by atoms with Gasteiger partial charge in [0.05, 0.1) is 30.6 Å². The molecule has 1 saturated heterocycles. The van der Waals surface area contributed by atoms with Crippen molar-refractivity contribution in [1.29, 1.82) is 5.26 Å². The van der Waals surface area contributed by atoms with Gasteiger partial charge in [-0.3, -0.25) is 9.59 Å². The Hall–Kier alpha value is -3.42. The molecule has 0 unspecified atom stereocenters. The minimum Gasteiger partial charge on any atom is -0.463 e. The van der Waals surface area contributed by atoms with Crippen LogP contribution in [0.3, 0.4) is 0 Å². The van der Waals surface area contributed by atoms with Crippen LogP contribution in [0.2, 0.25) is 0 Å². The molecule has 174 valence electrons. The lowest BCUT2D eigenvalue weighted by Crippen LogP contribution is -2.53. The fourth-order valence-corrected chi connectivity index (χ4v) is 4.23. The van der Waals surface area contributed by atoms with Gasteiger partial charge in [0.15, 0.2) is 5.76 Å². The van der Waals surface area contributed by atoms with Gasteiger partial charge in [0.2, 0.25) is 0 Å². The molecule has 2 aromatic rings. The molecule has 4 heterocycles. The normalized spacial score (nSPS) is 17.3. The largest absolute Gasteiger partial charge is 0.463 e. The Morgan fingerprint density at radius 2 is 2.03 bits per heavy atom. The Morgan fingerprint density at radius 1 is 1.27 bits per heavy atom. The fraction of sp³-hybridized carbons (Fsp3) is 0.478. The minimum absolute atomic E-state index is 0.0325. The third-order valence-electron chi connectivity index (χ3n) is 5.93. The first-order valence-electron chi connectivity index (χ1n) is 10.9. The molecule has 2 aliphatic rings. The lowest BCUT2D eigenvalue weighted by atomic mass is 9.87. The molecule has 33 heavy (non-hydrogen) atoms. The van der Waals surface area contributed by atoms with E-state index >= 15 is 0 Å². The number of anilines is 1.